The van der Waals surface area contributed by atoms with E-state index in [1.54, 1.807) is 19.2 Å². The van der Waals surface area contributed by atoms with E-state index in [4.69, 9.17) is 0 Å². The minimum absolute atomic E-state index is 0. The van der Waals surface area contributed by atoms with Crippen molar-refractivity contribution in [3.05, 3.63) is 29.3 Å². The van der Waals surface area contributed by atoms with Crippen LogP contribution in [0, 0.1) is 12.8 Å². The van der Waals surface area contributed by atoms with E-state index in [1.165, 1.54) is 0 Å². The Bertz CT molecular complexity index is 526. The highest BCUT2D eigenvalue weighted by atomic mass is 127. The second-order valence-corrected chi connectivity index (χ2v) is 5.38. The Labute approximate surface area is 146 Å². The molecule has 0 spiro atoms. The number of aliphatic imine (C=N–C) groups is 1. The van der Waals surface area contributed by atoms with Gasteiger partial charge in [0.2, 0.25) is 0 Å². The molecule has 7 heteroatoms. The van der Waals surface area contributed by atoms with Gasteiger partial charge in [-0.05, 0) is 25.3 Å². The highest BCUT2D eigenvalue weighted by Gasteiger charge is 2.33. The Balaban J connectivity index is 0.00000242. The Morgan fingerprint density at radius 1 is 1.45 bits per heavy atom. The highest BCUT2D eigenvalue weighted by Crippen LogP contribution is 2.28. The maximum atomic E-state index is 12.4. The second-order valence-electron chi connectivity index (χ2n) is 5.38. The van der Waals surface area contributed by atoms with Gasteiger partial charge in [0.25, 0.3) is 0 Å². The number of hydrogen-bond donors (Lipinski definition) is 2. The van der Waals surface area contributed by atoms with Gasteiger partial charge in [-0.15, -0.1) is 24.0 Å². The molecule has 2 N–H and O–H groups in total. The predicted molar refractivity (Wildman–Crippen MR) is 94.1 cm³/mol. The van der Waals surface area contributed by atoms with Crippen LogP contribution in [-0.4, -0.2) is 25.7 Å². The fraction of sp³-hybridized carbons (Fsp3) is 0.533. The van der Waals surface area contributed by atoms with E-state index in [1.807, 2.05) is 13.0 Å². The maximum Gasteiger partial charge on any atom is 0.387 e. The first-order chi connectivity index (χ1) is 9.99. The molecule has 0 aromatic heterocycles. The number of aryl methyl sites for hydroxylation is 1. The van der Waals surface area contributed by atoms with Gasteiger partial charge in [0.05, 0.1) is 0 Å². The lowest BCUT2D eigenvalue weighted by atomic mass is 10.1. The summed E-state index contributed by atoms with van der Waals surface area (Å²) >= 11 is 0. The van der Waals surface area contributed by atoms with Crippen LogP contribution in [0.25, 0.3) is 0 Å². The van der Waals surface area contributed by atoms with E-state index in [2.05, 4.69) is 27.3 Å². The lowest BCUT2D eigenvalue weighted by Crippen LogP contribution is -2.38. The molecule has 1 fully saturated rings. The van der Waals surface area contributed by atoms with Crippen molar-refractivity contribution in [1.82, 2.24) is 10.6 Å². The third-order valence-corrected chi connectivity index (χ3v) is 3.53. The van der Waals surface area contributed by atoms with Gasteiger partial charge in [0, 0.05) is 25.2 Å². The first kappa shape index (κ1) is 18.9. The quantitative estimate of drug-likeness (QED) is 0.433. The van der Waals surface area contributed by atoms with Crippen molar-refractivity contribution in [3.8, 4) is 5.75 Å². The maximum absolute atomic E-state index is 12.4. The van der Waals surface area contributed by atoms with Crippen LogP contribution < -0.4 is 15.4 Å². The number of nitrogens with zero attached hydrogens (tertiary/aromatic N) is 1. The molecule has 2 rings (SSSR count). The first-order valence-corrected chi connectivity index (χ1v) is 7.01. The van der Waals surface area contributed by atoms with E-state index in [-0.39, 0.29) is 29.7 Å². The topological polar surface area (TPSA) is 45.7 Å². The van der Waals surface area contributed by atoms with Gasteiger partial charge in [-0.25, -0.2) is 0 Å². The van der Waals surface area contributed by atoms with Crippen molar-refractivity contribution in [2.75, 3.05) is 7.05 Å². The monoisotopic (exact) mass is 425 g/mol. The second kappa shape index (κ2) is 8.50. The summed E-state index contributed by atoms with van der Waals surface area (Å²) in [6, 6.07) is 5.60. The van der Waals surface area contributed by atoms with Gasteiger partial charge >= 0.3 is 6.61 Å². The van der Waals surface area contributed by atoms with Crippen LogP contribution in [0.5, 0.6) is 5.75 Å². The zero-order chi connectivity index (χ0) is 15.4. The van der Waals surface area contributed by atoms with Gasteiger partial charge in [-0.2, -0.15) is 8.78 Å². The number of alkyl halides is 2. The number of ether oxygens (including phenoxy) is 1. The number of guanidine groups is 1. The molecule has 1 saturated carbocycles. The molecule has 0 bridgehead atoms. The van der Waals surface area contributed by atoms with E-state index in [0.717, 1.165) is 12.0 Å². The fourth-order valence-corrected chi connectivity index (χ4v) is 2.13. The molecule has 1 aromatic rings. The van der Waals surface area contributed by atoms with Crippen molar-refractivity contribution in [3.63, 3.8) is 0 Å². The minimum Gasteiger partial charge on any atom is -0.434 e. The van der Waals surface area contributed by atoms with E-state index < -0.39 is 6.61 Å². The van der Waals surface area contributed by atoms with Crippen molar-refractivity contribution in [1.29, 1.82) is 0 Å². The lowest BCUT2D eigenvalue weighted by molar-refractivity contribution is -0.0504. The molecule has 0 radical (unpaired) electrons. The van der Waals surface area contributed by atoms with Gasteiger partial charge in [0.1, 0.15) is 5.75 Å². The summed E-state index contributed by atoms with van der Waals surface area (Å²) in [6.07, 6.45) is 1.13. The molecular weight excluding hydrogens is 403 g/mol. The van der Waals surface area contributed by atoms with Crippen LogP contribution in [0.2, 0.25) is 0 Å². The van der Waals surface area contributed by atoms with Crippen LogP contribution >= 0.6 is 24.0 Å². The zero-order valence-corrected chi connectivity index (χ0v) is 15.2. The molecule has 2 atom stereocenters. The summed E-state index contributed by atoms with van der Waals surface area (Å²) in [5.41, 5.74) is 1.68. The largest absolute Gasteiger partial charge is 0.434 e. The van der Waals surface area contributed by atoms with E-state index >= 15 is 0 Å². The molecule has 1 aliphatic carbocycles. The Hall–Kier alpha value is -1.12. The van der Waals surface area contributed by atoms with Crippen molar-refractivity contribution in [2.45, 2.75) is 39.5 Å². The Kier molecular flexibility index (Phi) is 7.31. The molecule has 4 nitrogen and oxygen atoms in total. The number of benzene rings is 1. The summed E-state index contributed by atoms with van der Waals surface area (Å²) in [5.74, 6) is 1.52. The lowest BCUT2D eigenvalue weighted by Gasteiger charge is -2.15. The molecule has 0 heterocycles. The zero-order valence-electron chi connectivity index (χ0n) is 12.9. The van der Waals surface area contributed by atoms with Crippen molar-refractivity contribution < 1.29 is 13.5 Å². The molecule has 1 aliphatic rings. The smallest absolute Gasteiger partial charge is 0.387 e. The molecule has 2 unspecified atom stereocenters. The summed E-state index contributed by atoms with van der Waals surface area (Å²) < 4.78 is 29.4. The average molecular weight is 425 g/mol. The summed E-state index contributed by atoms with van der Waals surface area (Å²) in [4.78, 5) is 4.14. The van der Waals surface area contributed by atoms with Crippen LogP contribution in [-0.2, 0) is 6.54 Å². The van der Waals surface area contributed by atoms with Gasteiger partial charge < -0.3 is 15.4 Å². The van der Waals surface area contributed by atoms with Crippen molar-refractivity contribution in [2.24, 2.45) is 10.9 Å². The SMILES string of the molecule is CN=C(NCc1cc(C)ccc1OC(F)F)NC1CC1C.I. The normalized spacial score (nSPS) is 20.4. The summed E-state index contributed by atoms with van der Waals surface area (Å²) in [7, 11) is 1.69. The predicted octanol–water partition coefficient (Wildman–Crippen LogP) is 3.29. The molecule has 1 aromatic carbocycles. The van der Waals surface area contributed by atoms with Crippen LogP contribution in [0.15, 0.2) is 23.2 Å². The number of nitrogens with one attached hydrogen (secondary N) is 2. The third-order valence-electron chi connectivity index (χ3n) is 3.53. The fourth-order valence-electron chi connectivity index (χ4n) is 2.13. The number of rotatable bonds is 5. The Morgan fingerprint density at radius 3 is 2.68 bits per heavy atom. The van der Waals surface area contributed by atoms with Gasteiger partial charge in [0.15, 0.2) is 5.96 Å². The molecular formula is C15H22F2IN3O. The molecule has 0 saturated heterocycles. The number of hydrogen-bond acceptors (Lipinski definition) is 2. The van der Waals surface area contributed by atoms with E-state index in [9.17, 15) is 8.78 Å². The summed E-state index contributed by atoms with van der Waals surface area (Å²) in [5, 5.41) is 6.42. The van der Waals surface area contributed by atoms with Crippen molar-refractivity contribution >= 4 is 29.9 Å². The molecule has 124 valence electrons. The molecule has 0 aliphatic heterocycles. The average Bonchev–Trinajstić information content (AvgIpc) is 3.12. The Morgan fingerprint density at radius 2 is 2.14 bits per heavy atom. The van der Waals surface area contributed by atoms with Crippen LogP contribution in [0.4, 0.5) is 8.78 Å². The minimum atomic E-state index is -2.82. The standard InChI is InChI=1S/C15H21F2N3O.HI/c1-9-4-5-13(21-14(16)17)11(6-9)8-19-15(18-3)20-12-7-10(12)2;/h4-6,10,12,14H,7-8H2,1-3H3,(H2,18,19,20);1H. The molecule has 0 amide bonds. The highest BCUT2D eigenvalue weighted by molar-refractivity contribution is 14.0. The summed E-state index contributed by atoms with van der Waals surface area (Å²) in [6.45, 7) is 1.63. The van der Waals surface area contributed by atoms with Crippen LogP contribution in [0.3, 0.4) is 0 Å². The van der Waals surface area contributed by atoms with E-state index in [0.29, 0.717) is 30.0 Å². The van der Waals surface area contributed by atoms with Gasteiger partial charge in [-0.1, -0.05) is 24.6 Å². The first-order valence-electron chi connectivity index (χ1n) is 7.01. The third kappa shape index (κ3) is 5.58. The number of halogens is 3. The van der Waals surface area contributed by atoms with Crippen LogP contribution in [0.1, 0.15) is 24.5 Å². The van der Waals surface area contributed by atoms with Gasteiger partial charge in [-0.3, -0.25) is 4.99 Å². The molecule has 22 heavy (non-hydrogen) atoms.